The SMILES string of the molecule is CN1C(=O)NC(=O)[C@]2(Cc3cc([N+](=O)[O-])ccc3N3CCN(c4ccccc4)C[C@@H]32)C1=O. The summed E-state index contributed by atoms with van der Waals surface area (Å²) in [5, 5.41) is 13.7. The number of carbonyl (C=O) groups excluding carboxylic acids is 3. The van der Waals surface area contributed by atoms with Gasteiger partial charge in [0.1, 0.15) is 0 Å². The number of nitro benzene ring substituents is 1. The summed E-state index contributed by atoms with van der Waals surface area (Å²) in [5.41, 5.74) is 0.630. The van der Waals surface area contributed by atoms with Crippen molar-refractivity contribution in [3.63, 3.8) is 0 Å². The van der Waals surface area contributed by atoms with Crippen LogP contribution in [0.25, 0.3) is 0 Å². The van der Waals surface area contributed by atoms with Gasteiger partial charge in [-0.05, 0) is 23.8 Å². The minimum absolute atomic E-state index is 0.0178. The number of non-ortho nitro benzene ring substituents is 1. The second-order valence-electron chi connectivity index (χ2n) is 8.33. The molecule has 2 saturated heterocycles. The van der Waals surface area contributed by atoms with E-state index >= 15 is 0 Å². The maximum Gasteiger partial charge on any atom is 0.330 e. The van der Waals surface area contributed by atoms with Gasteiger partial charge in [-0.1, -0.05) is 18.2 Å². The van der Waals surface area contributed by atoms with E-state index in [1.165, 1.54) is 19.2 Å². The topological polar surface area (TPSA) is 116 Å². The zero-order valence-electron chi connectivity index (χ0n) is 17.4. The van der Waals surface area contributed by atoms with Crippen molar-refractivity contribution in [3.05, 3.63) is 64.2 Å². The van der Waals surface area contributed by atoms with Gasteiger partial charge in [0.2, 0.25) is 11.8 Å². The van der Waals surface area contributed by atoms with Gasteiger partial charge in [-0.15, -0.1) is 0 Å². The minimum atomic E-state index is -1.57. The first kappa shape index (κ1) is 20.0. The van der Waals surface area contributed by atoms with Crippen LogP contribution in [0.5, 0.6) is 0 Å². The van der Waals surface area contributed by atoms with E-state index in [1.54, 1.807) is 6.07 Å². The first-order chi connectivity index (χ1) is 15.3. The van der Waals surface area contributed by atoms with E-state index in [2.05, 4.69) is 10.2 Å². The fraction of sp³-hybridized carbons (Fsp3) is 0.318. The molecule has 5 rings (SSSR count). The minimum Gasteiger partial charge on any atom is -0.368 e. The second kappa shape index (κ2) is 7.04. The number of rotatable bonds is 2. The van der Waals surface area contributed by atoms with Crippen LogP contribution in [-0.2, 0) is 16.0 Å². The van der Waals surface area contributed by atoms with Gasteiger partial charge >= 0.3 is 6.03 Å². The number of amides is 4. The Hall–Kier alpha value is -3.95. The van der Waals surface area contributed by atoms with Crippen LogP contribution in [0.15, 0.2) is 48.5 Å². The molecule has 2 atom stereocenters. The summed E-state index contributed by atoms with van der Waals surface area (Å²) in [6.07, 6.45) is -0.0178. The molecular weight excluding hydrogens is 414 g/mol. The lowest BCUT2D eigenvalue weighted by molar-refractivity contribution is -0.384. The number of carbonyl (C=O) groups is 3. The van der Waals surface area contributed by atoms with Crippen molar-refractivity contribution in [2.24, 2.45) is 5.41 Å². The number of barbiturate groups is 1. The van der Waals surface area contributed by atoms with Crippen molar-refractivity contribution >= 4 is 34.9 Å². The number of urea groups is 1. The molecule has 0 unspecified atom stereocenters. The molecule has 164 valence electrons. The van der Waals surface area contributed by atoms with Gasteiger partial charge in [0.15, 0.2) is 5.41 Å². The Morgan fingerprint density at radius 3 is 2.56 bits per heavy atom. The molecule has 2 fully saturated rings. The van der Waals surface area contributed by atoms with Crippen LogP contribution < -0.4 is 15.1 Å². The van der Waals surface area contributed by atoms with E-state index in [1.807, 2.05) is 35.2 Å². The lowest BCUT2D eigenvalue weighted by atomic mass is 9.67. The number of nitro groups is 1. The maximum atomic E-state index is 13.5. The molecule has 0 bridgehead atoms. The van der Waals surface area contributed by atoms with E-state index in [9.17, 15) is 24.5 Å². The average Bonchev–Trinajstić information content (AvgIpc) is 2.81. The molecule has 32 heavy (non-hydrogen) atoms. The molecule has 3 aliphatic rings. The Morgan fingerprint density at radius 2 is 1.84 bits per heavy atom. The lowest BCUT2D eigenvalue weighted by Crippen LogP contribution is -2.74. The molecule has 1 spiro atoms. The number of imide groups is 2. The summed E-state index contributed by atoms with van der Waals surface area (Å²) in [6.45, 7) is 1.56. The van der Waals surface area contributed by atoms with E-state index < -0.39 is 34.2 Å². The van der Waals surface area contributed by atoms with Crippen LogP contribution in [0, 0.1) is 15.5 Å². The lowest BCUT2D eigenvalue weighted by Gasteiger charge is -2.55. The molecule has 10 heteroatoms. The molecule has 3 heterocycles. The molecular formula is C22H21N5O5. The largest absolute Gasteiger partial charge is 0.368 e. The third-order valence-corrected chi connectivity index (χ3v) is 6.74. The number of benzene rings is 2. The number of hydrogen-bond acceptors (Lipinski definition) is 7. The molecule has 0 aromatic heterocycles. The highest BCUT2D eigenvalue weighted by Gasteiger charge is 2.62. The number of anilines is 2. The average molecular weight is 435 g/mol. The fourth-order valence-corrected chi connectivity index (χ4v) is 5.12. The summed E-state index contributed by atoms with van der Waals surface area (Å²) in [6, 6.07) is 13.0. The van der Waals surface area contributed by atoms with Gasteiger partial charge in [0, 0.05) is 56.6 Å². The van der Waals surface area contributed by atoms with Gasteiger partial charge in [-0.25, -0.2) is 4.79 Å². The van der Waals surface area contributed by atoms with E-state index in [-0.39, 0.29) is 12.1 Å². The Morgan fingerprint density at radius 1 is 1.09 bits per heavy atom. The van der Waals surface area contributed by atoms with Crippen LogP contribution >= 0.6 is 0 Å². The zero-order valence-corrected chi connectivity index (χ0v) is 17.4. The third kappa shape index (κ3) is 2.75. The predicted molar refractivity (Wildman–Crippen MR) is 115 cm³/mol. The molecule has 10 nitrogen and oxygen atoms in total. The first-order valence-electron chi connectivity index (χ1n) is 10.3. The van der Waals surface area contributed by atoms with Crippen LogP contribution in [0.4, 0.5) is 21.9 Å². The first-order valence-corrected chi connectivity index (χ1v) is 10.3. The Balaban J connectivity index is 1.65. The highest BCUT2D eigenvalue weighted by atomic mass is 16.6. The number of hydrogen-bond donors (Lipinski definition) is 1. The van der Waals surface area contributed by atoms with Gasteiger partial charge in [-0.2, -0.15) is 0 Å². The van der Waals surface area contributed by atoms with Crippen molar-refractivity contribution in [2.75, 3.05) is 36.5 Å². The molecule has 0 radical (unpaired) electrons. The highest BCUT2D eigenvalue weighted by Crippen LogP contribution is 2.46. The molecule has 3 aliphatic heterocycles. The van der Waals surface area contributed by atoms with Crippen LogP contribution in [-0.4, -0.2) is 60.4 Å². The van der Waals surface area contributed by atoms with E-state index in [0.29, 0.717) is 25.2 Å². The number of para-hydroxylation sites is 1. The Labute approximate surface area is 183 Å². The standard InChI is InChI=1S/C22H21N5O5/c1-24-20(29)22(19(28)23-21(24)30)12-14-11-16(27(31)32)7-8-17(14)26-10-9-25(13-18(22)26)15-5-3-2-4-6-15/h2-8,11,18H,9-10,12-13H2,1H3,(H,23,28,30)/t18-,22-/m1/s1. The smallest absolute Gasteiger partial charge is 0.330 e. The summed E-state index contributed by atoms with van der Waals surface area (Å²) >= 11 is 0. The van der Waals surface area contributed by atoms with Gasteiger partial charge < -0.3 is 9.80 Å². The quantitative estimate of drug-likeness (QED) is 0.432. The van der Waals surface area contributed by atoms with Crippen molar-refractivity contribution in [1.82, 2.24) is 10.2 Å². The second-order valence-corrected chi connectivity index (χ2v) is 8.33. The summed E-state index contributed by atoms with van der Waals surface area (Å²) in [4.78, 5) is 54.9. The van der Waals surface area contributed by atoms with E-state index in [0.717, 1.165) is 16.3 Å². The molecule has 4 amide bonds. The third-order valence-electron chi connectivity index (χ3n) is 6.74. The normalized spacial score (nSPS) is 24.8. The van der Waals surface area contributed by atoms with Crippen LogP contribution in [0.3, 0.4) is 0 Å². The number of fused-ring (bicyclic) bond motifs is 4. The van der Waals surface area contributed by atoms with Crippen molar-refractivity contribution in [3.8, 4) is 0 Å². The van der Waals surface area contributed by atoms with Gasteiger partial charge in [0.05, 0.1) is 11.0 Å². The Kier molecular flexibility index (Phi) is 4.40. The summed E-state index contributed by atoms with van der Waals surface area (Å²) in [7, 11) is 1.34. The van der Waals surface area contributed by atoms with Gasteiger partial charge in [0.25, 0.3) is 5.69 Å². The van der Waals surface area contributed by atoms with Crippen molar-refractivity contribution in [1.29, 1.82) is 0 Å². The van der Waals surface area contributed by atoms with Crippen LogP contribution in [0.2, 0.25) is 0 Å². The highest BCUT2D eigenvalue weighted by molar-refractivity contribution is 6.20. The summed E-state index contributed by atoms with van der Waals surface area (Å²) in [5.74, 6) is -1.25. The number of nitrogens with zero attached hydrogens (tertiary/aromatic N) is 4. The molecule has 2 aromatic rings. The Bertz CT molecular complexity index is 1150. The van der Waals surface area contributed by atoms with Crippen molar-refractivity contribution < 1.29 is 19.3 Å². The van der Waals surface area contributed by atoms with Crippen LogP contribution in [0.1, 0.15) is 5.56 Å². The molecule has 1 N–H and O–H groups in total. The van der Waals surface area contributed by atoms with E-state index in [4.69, 9.17) is 0 Å². The predicted octanol–water partition coefficient (Wildman–Crippen LogP) is 1.54. The number of nitrogens with one attached hydrogen (secondary N) is 1. The maximum absolute atomic E-state index is 13.5. The van der Waals surface area contributed by atoms with Gasteiger partial charge in [-0.3, -0.25) is 29.9 Å². The molecule has 0 aliphatic carbocycles. The monoisotopic (exact) mass is 435 g/mol. The fourth-order valence-electron chi connectivity index (χ4n) is 5.12. The molecule has 0 saturated carbocycles. The zero-order chi connectivity index (χ0) is 22.6. The number of piperazine rings is 1. The molecule has 2 aromatic carbocycles. The summed E-state index contributed by atoms with van der Waals surface area (Å²) < 4.78 is 0. The van der Waals surface area contributed by atoms with Crippen molar-refractivity contribution in [2.45, 2.75) is 12.5 Å².